The van der Waals surface area contributed by atoms with Crippen molar-refractivity contribution in [3.63, 3.8) is 0 Å². The maximum absolute atomic E-state index is 13.7. The molecule has 12 nitrogen and oxygen atoms in total. The second-order valence-corrected chi connectivity index (χ2v) is 10.2. The van der Waals surface area contributed by atoms with Crippen molar-refractivity contribution in [2.45, 2.75) is 11.8 Å². The van der Waals surface area contributed by atoms with Crippen molar-refractivity contribution in [1.82, 2.24) is 14.8 Å². The minimum absolute atomic E-state index is 0.116. The third-order valence-corrected chi connectivity index (χ3v) is 7.68. The van der Waals surface area contributed by atoms with Crippen LogP contribution >= 0.6 is 0 Å². The second kappa shape index (κ2) is 11.1. The number of hydrogen-bond donors (Lipinski definition) is 1. The minimum Gasteiger partial charge on any atom is -0.283 e. The molecular formula is C26H24N6O6S. The van der Waals surface area contributed by atoms with E-state index in [0.717, 1.165) is 10.5 Å². The summed E-state index contributed by atoms with van der Waals surface area (Å²) in [7, 11) is -2.76. The largest absolute Gasteiger partial charge is 0.296 e. The van der Waals surface area contributed by atoms with E-state index in [-0.39, 0.29) is 21.8 Å². The molecule has 0 spiro atoms. The van der Waals surface area contributed by atoms with Gasteiger partial charge in [-0.3, -0.25) is 24.4 Å². The molecule has 0 saturated heterocycles. The zero-order chi connectivity index (χ0) is 28.2. The van der Waals surface area contributed by atoms with Crippen molar-refractivity contribution in [3.05, 3.63) is 117 Å². The first-order chi connectivity index (χ1) is 18.6. The van der Waals surface area contributed by atoms with Crippen molar-refractivity contribution in [3.8, 4) is 5.69 Å². The highest BCUT2D eigenvalue weighted by atomic mass is 32.2. The van der Waals surface area contributed by atoms with E-state index in [1.165, 1.54) is 51.8 Å². The van der Waals surface area contributed by atoms with Crippen LogP contribution < -0.4 is 15.3 Å². The molecule has 13 heteroatoms. The molecule has 39 heavy (non-hydrogen) atoms. The number of hydrazone groups is 1. The highest BCUT2D eigenvalue weighted by molar-refractivity contribution is 7.92. The van der Waals surface area contributed by atoms with Crippen molar-refractivity contribution >= 4 is 33.5 Å². The molecule has 0 saturated carbocycles. The second-order valence-electron chi connectivity index (χ2n) is 8.34. The summed E-state index contributed by atoms with van der Waals surface area (Å²) in [5.74, 6) is -0.863. The van der Waals surface area contributed by atoms with Gasteiger partial charge >= 0.3 is 0 Å². The fraction of sp³-hybridized carbons (Fsp3) is 0.115. The number of aromatic nitrogens is 2. The standard InChI is InChI=1S/C26H24N6O6S/c1-19-25(26(34)31(29(19)2)21-12-5-3-6-13-21)30(39(37,38)22-14-7-4-8-15-22)18-24(33)28-27-17-20-11-9-10-16-23(20)32(35)36/h3-17H,18H2,1-2H3,(H,28,33)/b27-17-. The topological polar surface area (TPSA) is 149 Å². The summed E-state index contributed by atoms with van der Waals surface area (Å²) in [6.07, 6.45) is 1.09. The highest BCUT2D eigenvalue weighted by Gasteiger charge is 2.33. The molecule has 0 fully saturated rings. The van der Waals surface area contributed by atoms with E-state index in [1.54, 1.807) is 56.4 Å². The van der Waals surface area contributed by atoms with Crippen LogP contribution in [0.2, 0.25) is 0 Å². The van der Waals surface area contributed by atoms with E-state index in [1.807, 2.05) is 0 Å². The zero-order valence-corrected chi connectivity index (χ0v) is 21.8. The summed E-state index contributed by atoms with van der Waals surface area (Å²) in [6.45, 7) is 0.800. The predicted octanol–water partition coefficient (Wildman–Crippen LogP) is 2.74. The number of nitrogens with one attached hydrogen (secondary N) is 1. The van der Waals surface area contributed by atoms with Crippen LogP contribution in [0.15, 0.2) is 99.7 Å². The van der Waals surface area contributed by atoms with Crippen LogP contribution in [0, 0.1) is 17.0 Å². The molecule has 1 amide bonds. The molecule has 0 atom stereocenters. The number of nitro groups is 1. The number of rotatable bonds is 9. The SMILES string of the molecule is Cc1c(N(CC(=O)N/N=C\c2ccccc2[N+](=O)[O-])S(=O)(=O)c2ccccc2)c(=O)n(-c2ccccc2)n1C. The van der Waals surface area contributed by atoms with Gasteiger partial charge in [-0.15, -0.1) is 0 Å². The molecule has 0 aliphatic heterocycles. The lowest BCUT2D eigenvalue weighted by Crippen LogP contribution is -2.42. The third-order valence-electron chi connectivity index (χ3n) is 5.92. The minimum atomic E-state index is -4.37. The van der Waals surface area contributed by atoms with E-state index in [4.69, 9.17) is 0 Å². The van der Waals surface area contributed by atoms with E-state index >= 15 is 0 Å². The number of anilines is 1. The van der Waals surface area contributed by atoms with Crippen molar-refractivity contribution in [1.29, 1.82) is 0 Å². The van der Waals surface area contributed by atoms with Crippen LogP contribution in [0.1, 0.15) is 11.3 Å². The average molecular weight is 549 g/mol. The summed E-state index contributed by atoms with van der Waals surface area (Å²) in [5.41, 5.74) is 2.09. The van der Waals surface area contributed by atoms with Crippen LogP contribution in [-0.4, -0.2) is 41.4 Å². The van der Waals surface area contributed by atoms with Crippen LogP contribution in [0.25, 0.3) is 5.69 Å². The number of carbonyl (C=O) groups excluding carboxylic acids is 1. The van der Waals surface area contributed by atoms with Crippen molar-refractivity contribution in [2.75, 3.05) is 10.8 Å². The van der Waals surface area contributed by atoms with Crippen LogP contribution in [-0.2, 0) is 21.9 Å². The summed E-state index contributed by atoms with van der Waals surface area (Å²) >= 11 is 0. The van der Waals surface area contributed by atoms with E-state index < -0.39 is 33.0 Å². The van der Waals surface area contributed by atoms with Gasteiger partial charge in [0.2, 0.25) is 0 Å². The fourth-order valence-corrected chi connectivity index (χ4v) is 5.44. The first kappa shape index (κ1) is 27.0. The van der Waals surface area contributed by atoms with Gasteiger partial charge in [-0.2, -0.15) is 5.10 Å². The molecule has 1 heterocycles. The van der Waals surface area contributed by atoms with Gasteiger partial charge in [0.15, 0.2) is 0 Å². The molecule has 200 valence electrons. The molecular weight excluding hydrogens is 524 g/mol. The Balaban J connectivity index is 1.73. The molecule has 1 aromatic heterocycles. The van der Waals surface area contributed by atoms with Crippen molar-refractivity contribution in [2.24, 2.45) is 12.1 Å². The van der Waals surface area contributed by atoms with Crippen molar-refractivity contribution < 1.29 is 18.1 Å². The average Bonchev–Trinajstić information content (AvgIpc) is 3.15. The van der Waals surface area contributed by atoms with Crippen LogP contribution in [0.5, 0.6) is 0 Å². The maximum Gasteiger partial charge on any atom is 0.296 e. The third kappa shape index (κ3) is 5.48. The lowest BCUT2D eigenvalue weighted by molar-refractivity contribution is -0.385. The summed E-state index contributed by atoms with van der Waals surface area (Å²) in [4.78, 5) is 37.0. The van der Waals surface area contributed by atoms with Gasteiger partial charge in [0.25, 0.3) is 27.2 Å². The van der Waals surface area contributed by atoms with Crippen LogP contribution in [0.3, 0.4) is 0 Å². The van der Waals surface area contributed by atoms with E-state index in [0.29, 0.717) is 11.4 Å². The number of nitro benzene ring substituents is 1. The number of sulfonamides is 1. The number of carbonyl (C=O) groups is 1. The van der Waals surface area contributed by atoms with E-state index in [9.17, 15) is 28.1 Å². The van der Waals surface area contributed by atoms with Gasteiger partial charge in [-0.05, 0) is 37.3 Å². The van der Waals surface area contributed by atoms with Crippen LogP contribution in [0.4, 0.5) is 11.4 Å². The lowest BCUT2D eigenvalue weighted by Gasteiger charge is -2.22. The summed E-state index contributed by atoms with van der Waals surface area (Å²) < 4.78 is 31.0. The fourth-order valence-electron chi connectivity index (χ4n) is 3.95. The predicted molar refractivity (Wildman–Crippen MR) is 146 cm³/mol. The number of nitrogens with zero attached hydrogens (tertiary/aromatic N) is 5. The number of hydrogen-bond acceptors (Lipinski definition) is 7. The molecule has 4 rings (SSSR count). The maximum atomic E-state index is 13.7. The Labute approximate surface area is 223 Å². The molecule has 0 aliphatic rings. The normalized spacial score (nSPS) is 11.4. The Bertz CT molecular complexity index is 1710. The first-order valence-electron chi connectivity index (χ1n) is 11.6. The molecule has 0 bridgehead atoms. The van der Waals surface area contributed by atoms with Gasteiger partial charge in [0.1, 0.15) is 12.2 Å². The molecule has 4 aromatic rings. The Hall–Kier alpha value is -5.04. The summed E-state index contributed by atoms with van der Waals surface area (Å²) in [5, 5.41) is 15.0. The van der Waals surface area contributed by atoms with Gasteiger partial charge in [0.05, 0.1) is 33.0 Å². The molecule has 0 unspecified atom stereocenters. The molecule has 0 radical (unpaired) electrons. The smallest absolute Gasteiger partial charge is 0.283 e. The van der Waals surface area contributed by atoms with Gasteiger partial charge in [0, 0.05) is 13.1 Å². The Kier molecular flexibility index (Phi) is 7.72. The van der Waals surface area contributed by atoms with Gasteiger partial charge in [-0.1, -0.05) is 48.5 Å². The molecule has 1 N–H and O–H groups in total. The highest BCUT2D eigenvalue weighted by Crippen LogP contribution is 2.25. The molecule has 0 aliphatic carbocycles. The quantitative estimate of drug-likeness (QED) is 0.193. The summed E-state index contributed by atoms with van der Waals surface area (Å²) in [6, 6.07) is 21.9. The Morgan fingerprint density at radius 3 is 2.26 bits per heavy atom. The van der Waals surface area contributed by atoms with Gasteiger partial charge in [-0.25, -0.2) is 22.8 Å². The number of benzene rings is 3. The molecule has 3 aromatic carbocycles. The lowest BCUT2D eigenvalue weighted by atomic mass is 10.2. The van der Waals surface area contributed by atoms with Gasteiger partial charge < -0.3 is 0 Å². The van der Waals surface area contributed by atoms with E-state index in [2.05, 4.69) is 10.5 Å². The number of para-hydroxylation sites is 2. The monoisotopic (exact) mass is 548 g/mol. The zero-order valence-electron chi connectivity index (χ0n) is 21.0. The Morgan fingerprint density at radius 1 is 1.03 bits per heavy atom. The Morgan fingerprint density at radius 2 is 1.62 bits per heavy atom. The first-order valence-corrected chi connectivity index (χ1v) is 13.0. The number of amides is 1.